The van der Waals surface area contributed by atoms with Gasteiger partial charge in [-0.05, 0) is 37.3 Å². The first kappa shape index (κ1) is 18.5. The number of carbonyl (C=O) groups excluding carboxylic acids is 1. The summed E-state index contributed by atoms with van der Waals surface area (Å²) in [5.41, 5.74) is 2.99. The van der Waals surface area contributed by atoms with Crippen LogP contribution in [0, 0.1) is 6.92 Å². The summed E-state index contributed by atoms with van der Waals surface area (Å²) in [4.78, 5) is 11.7. The number of anilines is 1. The lowest BCUT2D eigenvalue weighted by atomic mass is 10.2. The summed E-state index contributed by atoms with van der Waals surface area (Å²) in [7, 11) is -4.01. The van der Waals surface area contributed by atoms with Gasteiger partial charge in [-0.1, -0.05) is 40.9 Å². The van der Waals surface area contributed by atoms with Crippen molar-refractivity contribution in [1.29, 1.82) is 0 Å². The minimum Gasteiger partial charge on any atom is -0.293 e. The quantitative estimate of drug-likeness (QED) is 0.468. The molecular formula is C15H15Cl2N3O3S. The van der Waals surface area contributed by atoms with E-state index in [0.29, 0.717) is 0 Å². The Balaban J connectivity index is 2.56. The molecule has 0 atom stereocenters. The van der Waals surface area contributed by atoms with Crippen LogP contribution in [0.1, 0.15) is 5.56 Å². The van der Waals surface area contributed by atoms with Gasteiger partial charge >= 0.3 is 0 Å². The number of benzene rings is 2. The Morgan fingerprint density at radius 3 is 2.17 bits per heavy atom. The normalized spacial score (nSPS) is 11.2. The number of sulfonamides is 1. The van der Waals surface area contributed by atoms with E-state index in [1.807, 2.05) is 12.3 Å². The fourth-order valence-corrected chi connectivity index (χ4v) is 3.93. The van der Waals surface area contributed by atoms with Crippen molar-refractivity contribution in [2.75, 3.05) is 10.8 Å². The van der Waals surface area contributed by atoms with Gasteiger partial charge in [-0.15, -0.1) is 0 Å². The van der Waals surface area contributed by atoms with Crippen LogP contribution in [0.5, 0.6) is 0 Å². The van der Waals surface area contributed by atoms with Gasteiger partial charge in [0.15, 0.2) is 0 Å². The summed E-state index contributed by atoms with van der Waals surface area (Å²) in [6, 6.07) is 10.5. The third kappa shape index (κ3) is 4.18. The average Bonchev–Trinajstić information content (AvgIpc) is 2.51. The first-order valence-corrected chi connectivity index (χ1v) is 8.98. The highest BCUT2D eigenvalue weighted by atomic mass is 35.5. The molecule has 1 amide bonds. The Morgan fingerprint density at radius 1 is 1.12 bits per heavy atom. The molecule has 0 aliphatic carbocycles. The van der Waals surface area contributed by atoms with Crippen molar-refractivity contribution in [3.05, 3.63) is 58.1 Å². The zero-order valence-corrected chi connectivity index (χ0v) is 15.0. The molecule has 0 radical (unpaired) electrons. The molecule has 9 heteroatoms. The second-order valence-corrected chi connectivity index (χ2v) is 7.76. The lowest BCUT2D eigenvalue weighted by Crippen LogP contribution is -2.43. The second-order valence-electron chi connectivity index (χ2n) is 5.02. The molecule has 6 nitrogen and oxygen atoms in total. The van der Waals surface area contributed by atoms with Crippen LogP contribution in [-0.4, -0.2) is 20.9 Å². The average molecular weight is 388 g/mol. The third-order valence-corrected chi connectivity index (χ3v) is 5.42. The van der Waals surface area contributed by atoms with Gasteiger partial charge in [-0.2, -0.15) is 0 Å². The Labute approximate surface area is 150 Å². The molecule has 0 aliphatic heterocycles. The number of hydrogen-bond acceptors (Lipinski definition) is 4. The molecule has 0 fully saturated rings. The summed E-state index contributed by atoms with van der Waals surface area (Å²) >= 11 is 11.9. The van der Waals surface area contributed by atoms with Gasteiger partial charge in [0.1, 0.15) is 6.54 Å². The van der Waals surface area contributed by atoms with E-state index in [1.165, 1.54) is 30.3 Å². The molecular weight excluding hydrogens is 373 g/mol. The van der Waals surface area contributed by atoms with E-state index in [-0.39, 0.29) is 20.6 Å². The number of hydrazine groups is 1. The van der Waals surface area contributed by atoms with Gasteiger partial charge < -0.3 is 0 Å². The van der Waals surface area contributed by atoms with Gasteiger partial charge in [0.2, 0.25) is 0 Å². The molecule has 3 N–H and O–H groups in total. The van der Waals surface area contributed by atoms with E-state index in [1.54, 1.807) is 12.1 Å². The minimum atomic E-state index is -4.01. The standard InChI is InChI=1S/C15H15Cl2N3O3S/c1-10-2-4-14(5-3-10)24(22,23)20(9-15(21)19-18)13-7-11(16)6-12(17)8-13/h2-8H,9,18H2,1H3,(H,19,21). The predicted octanol–water partition coefficient (Wildman–Crippen LogP) is 2.49. The van der Waals surface area contributed by atoms with Gasteiger partial charge in [-0.25, -0.2) is 14.3 Å². The molecule has 0 spiro atoms. The number of nitrogens with two attached hydrogens (primary N) is 1. The molecule has 2 rings (SSSR count). The van der Waals surface area contributed by atoms with Crippen molar-refractivity contribution < 1.29 is 13.2 Å². The molecule has 0 bridgehead atoms. The van der Waals surface area contributed by atoms with Crippen LogP contribution >= 0.6 is 23.2 Å². The van der Waals surface area contributed by atoms with Gasteiger partial charge in [0.25, 0.3) is 15.9 Å². The molecule has 0 heterocycles. The third-order valence-electron chi connectivity index (χ3n) is 3.19. The predicted molar refractivity (Wildman–Crippen MR) is 94.5 cm³/mol. The van der Waals surface area contributed by atoms with E-state index in [9.17, 15) is 13.2 Å². The molecule has 0 aromatic heterocycles. The van der Waals surface area contributed by atoms with Crippen LogP contribution in [0.4, 0.5) is 5.69 Å². The number of amides is 1. The first-order chi connectivity index (χ1) is 11.2. The number of nitrogens with one attached hydrogen (secondary N) is 1. The number of rotatable bonds is 5. The van der Waals surface area contributed by atoms with Gasteiger partial charge in [0.05, 0.1) is 10.6 Å². The number of carbonyl (C=O) groups is 1. The summed E-state index contributed by atoms with van der Waals surface area (Å²) in [5, 5.41) is 0.490. The SMILES string of the molecule is Cc1ccc(S(=O)(=O)N(CC(=O)NN)c2cc(Cl)cc(Cl)c2)cc1. The Kier molecular flexibility index (Phi) is 5.71. The van der Waals surface area contributed by atoms with Crippen molar-refractivity contribution in [3.63, 3.8) is 0 Å². The molecule has 0 saturated carbocycles. The highest BCUT2D eigenvalue weighted by Crippen LogP contribution is 2.29. The molecule has 0 aliphatic rings. The van der Waals surface area contributed by atoms with E-state index in [4.69, 9.17) is 29.0 Å². The second kappa shape index (κ2) is 7.40. The van der Waals surface area contributed by atoms with Crippen LogP contribution in [0.3, 0.4) is 0 Å². The number of hydrogen-bond donors (Lipinski definition) is 2. The zero-order valence-electron chi connectivity index (χ0n) is 12.7. The highest BCUT2D eigenvalue weighted by Gasteiger charge is 2.27. The van der Waals surface area contributed by atoms with E-state index < -0.39 is 22.5 Å². The van der Waals surface area contributed by atoms with Gasteiger partial charge in [-0.3, -0.25) is 14.5 Å². The number of aryl methyl sites for hydroxylation is 1. The van der Waals surface area contributed by atoms with E-state index in [2.05, 4.69) is 0 Å². The molecule has 2 aromatic rings. The summed E-state index contributed by atoms with van der Waals surface area (Å²) < 4.78 is 26.8. The van der Waals surface area contributed by atoms with Crippen LogP contribution in [0.15, 0.2) is 47.4 Å². The minimum absolute atomic E-state index is 0.0361. The van der Waals surface area contributed by atoms with Crippen LogP contribution in [0.25, 0.3) is 0 Å². The molecule has 0 unspecified atom stereocenters. The maximum Gasteiger partial charge on any atom is 0.264 e. The van der Waals surface area contributed by atoms with Crippen molar-refractivity contribution in [3.8, 4) is 0 Å². The zero-order chi connectivity index (χ0) is 17.9. The van der Waals surface area contributed by atoms with Crippen molar-refractivity contribution >= 4 is 44.8 Å². The number of nitrogens with zero attached hydrogens (tertiary/aromatic N) is 1. The lowest BCUT2D eigenvalue weighted by molar-refractivity contribution is -0.119. The lowest BCUT2D eigenvalue weighted by Gasteiger charge is -2.24. The molecule has 0 saturated heterocycles. The summed E-state index contributed by atoms with van der Waals surface area (Å²) in [5.74, 6) is 4.41. The maximum absolute atomic E-state index is 12.9. The maximum atomic E-state index is 12.9. The highest BCUT2D eigenvalue weighted by molar-refractivity contribution is 7.92. The van der Waals surface area contributed by atoms with Crippen LogP contribution in [-0.2, 0) is 14.8 Å². The van der Waals surface area contributed by atoms with Crippen LogP contribution < -0.4 is 15.6 Å². The Morgan fingerprint density at radius 2 is 1.67 bits per heavy atom. The fourth-order valence-electron chi connectivity index (χ4n) is 2.01. The fraction of sp³-hybridized carbons (Fsp3) is 0.133. The van der Waals surface area contributed by atoms with Gasteiger partial charge in [0, 0.05) is 10.0 Å². The Hall–Kier alpha value is -1.80. The van der Waals surface area contributed by atoms with Crippen LogP contribution in [0.2, 0.25) is 10.0 Å². The molecule has 24 heavy (non-hydrogen) atoms. The monoisotopic (exact) mass is 387 g/mol. The largest absolute Gasteiger partial charge is 0.293 e. The van der Waals surface area contributed by atoms with Crippen molar-refractivity contribution in [2.24, 2.45) is 5.84 Å². The topological polar surface area (TPSA) is 92.5 Å². The first-order valence-electron chi connectivity index (χ1n) is 6.79. The number of halogens is 2. The molecule has 128 valence electrons. The smallest absolute Gasteiger partial charge is 0.264 e. The van der Waals surface area contributed by atoms with Crippen molar-refractivity contribution in [2.45, 2.75) is 11.8 Å². The Bertz CT molecular complexity index is 835. The van der Waals surface area contributed by atoms with E-state index in [0.717, 1.165) is 9.87 Å². The molecule has 2 aromatic carbocycles. The van der Waals surface area contributed by atoms with Crippen molar-refractivity contribution in [1.82, 2.24) is 5.43 Å². The summed E-state index contributed by atoms with van der Waals surface area (Å²) in [6.45, 7) is 1.33. The van der Waals surface area contributed by atoms with E-state index >= 15 is 0 Å². The summed E-state index contributed by atoms with van der Waals surface area (Å²) in [6.07, 6.45) is 0.